The molecule has 3 rings (SSSR count). The molecule has 0 aromatic heterocycles. The summed E-state index contributed by atoms with van der Waals surface area (Å²) < 4.78 is 10.8. The fraction of sp³-hybridized carbons (Fsp3) is 0.440. The average Bonchev–Trinajstić information content (AvgIpc) is 2.80. The van der Waals surface area contributed by atoms with E-state index in [1.807, 2.05) is 61.2 Å². The summed E-state index contributed by atoms with van der Waals surface area (Å²) in [5.41, 5.74) is 3.38. The number of carbonyl (C=O) groups excluding carboxylic acids is 2. The molecule has 0 fully saturated rings. The summed E-state index contributed by atoms with van der Waals surface area (Å²) >= 11 is 0. The molecule has 0 bridgehead atoms. The van der Waals surface area contributed by atoms with Crippen LogP contribution < -0.4 is 9.47 Å². The zero-order chi connectivity index (χ0) is 22.4. The third-order valence-corrected chi connectivity index (χ3v) is 5.72. The van der Waals surface area contributed by atoms with E-state index in [9.17, 15) is 9.59 Å². The maximum absolute atomic E-state index is 13.1. The first-order valence-electron chi connectivity index (χ1n) is 10.8. The fourth-order valence-electron chi connectivity index (χ4n) is 3.90. The van der Waals surface area contributed by atoms with E-state index in [0.717, 1.165) is 24.0 Å². The monoisotopic (exact) mass is 424 g/mol. The molecule has 2 amide bonds. The van der Waals surface area contributed by atoms with Crippen molar-refractivity contribution in [3.05, 3.63) is 59.2 Å². The van der Waals surface area contributed by atoms with Crippen molar-refractivity contribution in [3.63, 3.8) is 0 Å². The normalized spacial score (nSPS) is 13.0. The number of benzene rings is 2. The molecular formula is C25H32N2O4. The lowest BCUT2D eigenvalue weighted by Crippen LogP contribution is -2.46. The molecule has 1 heterocycles. The second-order valence-corrected chi connectivity index (χ2v) is 8.19. The molecule has 6 heteroatoms. The van der Waals surface area contributed by atoms with Crippen LogP contribution in [0.25, 0.3) is 0 Å². The highest BCUT2D eigenvalue weighted by molar-refractivity contribution is 5.85. The summed E-state index contributed by atoms with van der Waals surface area (Å²) in [7, 11) is 3.23. The zero-order valence-corrected chi connectivity index (χ0v) is 18.9. The molecule has 1 aliphatic heterocycles. The summed E-state index contributed by atoms with van der Waals surface area (Å²) in [4.78, 5) is 29.4. The largest absolute Gasteiger partial charge is 0.493 e. The highest BCUT2D eigenvalue weighted by Crippen LogP contribution is 2.33. The summed E-state index contributed by atoms with van der Waals surface area (Å²) in [5.74, 6) is 1.20. The van der Waals surface area contributed by atoms with E-state index < -0.39 is 0 Å². The molecule has 0 saturated carbocycles. The molecule has 0 spiro atoms. The Morgan fingerprint density at radius 2 is 1.68 bits per heavy atom. The van der Waals surface area contributed by atoms with Gasteiger partial charge in [-0.25, -0.2) is 0 Å². The number of nitrogens with zero attached hydrogens (tertiary/aromatic N) is 2. The Morgan fingerprint density at radius 3 is 2.29 bits per heavy atom. The van der Waals surface area contributed by atoms with Crippen LogP contribution in [0.1, 0.15) is 30.5 Å². The molecule has 2 aromatic rings. The van der Waals surface area contributed by atoms with E-state index >= 15 is 0 Å². The van der Waals surface area contributed by atoms with Gasteiger partial charge in [0.1, 0.15) is 0 Å². The highest BCUT2D eigenvalue weighted by Gasteiger charge is 2.26. The van der Waals surface area contributed by atoms with Gasteiger partial charge in [0.25, 0.3) is 0 Å². The van der Waals surface area contributed by atoms with Crippen LogP contribution in [0.5, 0.6) is 11.5 Å². The predicted molar refractivity (Wildman–Crippen MR) is 120 cm³/mol. The Kier molecular flexibility index (Phi) is 7.55. The quantitative estimate of drug-likeness (QED) is 0.652. The van der Waals surface area contributed by atoms with Gasteiger partial charge in [-0.2, -0.15) is 0 Å². The van der Waals surface area contributed by atoms with Crippen molar-refractivity contribution in [2.75, 3.05) is 33.9 Å². The number of ether oxygens (including phenoxy) is 2. The molecule has 31 heavy (non-hydrogen) atoms. The number of rotatable bonds is 8. The van der Waals surface area contributed by atoms with E-state index in [4.69, 9.17) is 9.47 Å². The van der Waals surface area contributed by atoms with Crippen LogP contribution in [0.15, 0.2) is 42.5 Å². The van der Waals surface area contributed by atoms with E-state index in [2.05, 4.69) is 0 Å². The van der Waals surface area contributed by atoms with Crippen LogP contribution in [0.4, 0.5) is 0 Å². The first kappa shape index (κ1) is 22.7. The van der Waals surface area contributed by atoms with Crippen molar-refractivity contribution in [1.82, 2.24) is 9.80 Å². The van der Waals surface area contributed by atoms with Crippen molar-refractivity contribution in [2.45, 2.75) is 33.2 Å². The molecule has 166 valence electrons. The SMILES string of the molecule is COc1cc2c(cc1OC)CN(C(=O)CN(CCc1ccccc1)C(=O)C(C)C)CC2. The number of hydrogen-bond acceptors (Lipinski definition) is 4. The average molecular weight is 425 g/mol. The Morgan fingerprint density at radius 1 is 1.03 bits per heavy atom. The molecule has 0 N–H and O–H groups in total. The van der Waals surface area contributed by atoms with E-state index in [-0.39, 0.29) is 24.3 Å². The lowest BCUT2D eigenvalue weighted by Gasteiger charge is -2.32. The van der Waals surface area contributed by atoms with Crippen LogP contribution in [0.2, 0.25) is 0 Å². The fourth-order valence-corrected chi connectivity index (χ4v) is 3.90. The number of methoxy groups -OCH3 is 2. The second kappa shape index (κ2) is 10.3. The van der Waals surface area contributed by atoms with Crippen molar-refractivity contribution < 1.29 is 19.1 Å². The Balaban J connectivity index is 1.69. The number of carbonyl (C=O) groups is 2. The van der Waals surface area contributed by atoms with Gasteiger partial charge in [-0.3, -0.25) is 9.59 Å². The minimum absolute atomic E-state index is 0.00750. The van der Waals surface area contributed by atoms with E-state index in [1.165, 1.54) is 5.56 Å². The Hall–Kier alpha value is -3.02. The van der Waals surface area contributed by atoms with Gasteiger partial charge >= 0.3 is 0 Å². The van der Waals surface area contributed by atoms with Crippen molar-refractivity contribution in [2.24, 2.45) is 5.92 Å². The molecular weight excluding hydrogens is 392 g/mol. The van der Waals surface area contributed by atoms with Crippen LogP contribution in [0, 0.1) is 5.92 Å². The highest BCUT2D eigenvalue weighted by atomic mass is 16.5. The molecule has 0 aliphatic carbocycles. The van der Waals surface area contributed by atoms with Gasteiger partial charge in [-0.15, -0.1) is 0 Å². The van der Waals surface area contributed by atoms with Gasteiger partial charge in [-0.05, 0) is 41.7 Å². The Labute approximate surface area is 184 Å². The van der Waals surface area contributed by atoms with Gasteiger partial charge in [0.05, 0.1) is 20.8 Å². The lowest BCUT2D eigenvalue weighted by molar-refractivity contribution is -0.142. The topological polar surface area (TPSA) is 59.1 Å². The molecule has 0 saturated heterocycles. The van der Waals surface area contributed by atoms with Crippen LogP contribution >= 0.6 is 0 Å². The van der Waals surface area contributed by atoms with Crippen molar-refractivity contribution >= 4 is 11.8 Å². The zero-order valence-electron chi connectivity index (χ0n) is 18.9. The van der Waals surface area contributed by atoms with E-state index in [1.54, 1.807) is 19.1 Å². The minimum atomic E-state index is -0.151. The summed E-state index contributed by atoms with van der Waals surface area (Å²) in [6.07, 6.45) is 1.48. The van der Waals surface area contributed by atoms with Crippen molar-refractivity contribution in [1.29, 1.82) is 0 Å². The van der Waals surface area contributed by atoms with E-state index in [0.29, 0.717) is 31.1 Å². The number of hydrogen-bond donors (Lipinski definition) is 0. The molecule has 6 nitrogen and oxygen atoms in total. The summed E-state index contributed by atoms with van der Waals surface area (Å²) in [6, 6.07) is 14.0. The third-order valence-electron chi connectivity index (χ3n) is 5.72. The lowest BCUT2D eigenvalue weighted by atomic mass is 9.98. The first-order valence-corrected chi connectivity index (χ1v) is 10.8. The van der Waals surface area contributed by atoms with Gasteiger partial charge in [0.2, 0.25) is 11.8 Å². The number of amides is 2. The maximum atomic E-state index is 13.1. The number of fused-ring (bicyclic) bond motifs is 1. The van der Waals surface area contributed by atoms with Gasteiger partial charge in [-0.1, -0.05) is 44.2 Å². The van der Waals surface area contributed by atoms with Gasteiger partial charge < -0.3 is 19.3 Å². The first-order chi connectivity index (χ1) is 14.9. The Bertz CT molecular complexity index is 911. The van der Waals surface area contributed by atoms with Gasteiger partial charge in [0.15, 0.2) is 11.5 Å². The smallest absolute Gasteiger partial charge is 0.242 e. The molecule has 2 aromatic carbocycles. The van der Waals surface area contributed by atoms with Gasteiger partial charge in [0, 0.05) is 25.6 Å². The molecule has 1 aliphatic rings. The molecule has 0 unspecified atom stereocenters. The summed E-state index contributed by atoms with van der Waals surface area (Å²) in [6.45, 7) is 5.52. The van der Waals surface area contributed by atoms with Crippen molar-refractivity contribution in [3.8, 4) is 11.5 Å². The summed E-state index contributed by atoms with van der Waals surface area (Å²) in [5, 5.41) is 0. The standard InChI is InChI=1S/C25H32N2O4/c1-18(2)25(29)27(12-10-19-8-6-5-7-9-19)17-24(28)26-13-11-20-14-22(30-3)23(31-4)15-21(20)16-26/h5-9,14-15,18H,10-13,16-17H2,1-4H3. The van der Waals surface area contributed by atoms with Crippen LogP contribution in [-0.4, -0.2) is 55.5 Å². The minimum Gasteiger partial charge on any atom is -0.493 e. The second-order valence-electron chi connectivity index (χ2n) is 8.19. The molecule has 0 atom stereocenters. The third kappa shape index (κ3) is 5.57. The van der Waals surface area contributed by atoms with Crippen LogP contribution in [0.3, 0.4) is 0 Å². The predicted octanol–water partition coefficient (Wildman–Crippen LogP) is 3.32. The molecule has 0 radical (unpaired) electrons. The van der Waals surface area contributed by atoms with Crippen LogP contribution in [-0.2, 0) is 29.0 Å². The maximum Gasteiger partial charge on any atom is 0.242 e.